The molecule has 2 rings (SSSR count). The van der Waals surface area contributed by atoms with E-state index in [1.807, 2.05) is 15.5 Å². The number of hydrogen-bond donors (Lipinski definition) is 4. The molecule has 1 aromatic heterocycles. The molecule has 0 bridgehead atoms. The first kappa shape index (κ1) is 19.8. The summed E-state index contributed by atoms with van der Waals surface area (Å²) in [5.41, 5.74) is 0. The number of aliphatic carboxylic acids is 2. The van der Waals surface area contributed by atoms with Crippen molar-refractivity contribution in [2.24, 2.45) is 0 Å². The van der Waals surface area contributed by atoms with Crippen molar-refractivity contribution in [3.8, 4) is 0 Å². The highest BCUT2D eigenvalue weighted by atomic mass is 16.4. The predicted molar refractivity (Wildman–Crippen MR) is 84.2 cm³/mol. The van der Waals surface area contributed by atoms with Crippen LogP contribution in [0.2, 0.25) is 0 Å². The quantitative estimate of drug-likeness (QED) is 0.476. The fourth-order valence-electron chi connectivity index (χ4n) is 2.16. The first-order chi connectivity index (χ1) is 11.4. The zero-order valence-electron chi connectivity index (χ0n) is 13.0. The van der Waals surface area contributed by atoms with E-state index in [2.05, 4.69) is 9.97 Å². The van der Waals surface area contributed by atoms with Crippen molar-refractivity contribution < 1.29 is 34.9 Å². The molecule has 0 unspecified atom stereocenters. The summed E-state index contributed by atoms with van der Waals surface area (Å²) in [6.07, 6.45) is 2.92. The first-order valence-electron chi connectivity index (χ1n) is 7.09. The van der Waals surface area contributed by atoms with Gasteiger partial charge in [-0.15, -0.1) is 0 Å². The molecule has 0 atom stereocenters. The summed E-state index contributed by atoms with van der Waals surface area (Å²) in [5, 5.41) is 21.3. The van der Waals surface area contributed by atoms with Crippen LogP contribution < -0.4 is 15.5 Å². The molecule has 12 nitrogen and oxygen atoms in total. The lowest BCUT2D eigenvalue weighted by Gasteiger charge is -2.28. The van der Waals surface area contributed by atoms with Crippen LogP contribution in [0.15, 0.2) is 6.07 Å². The third-order valence-electron chi connectivity index (χ3n) is 3.25. The molecule has 0 aliphatic carbocycles. The van der Waals surface area contributed by atoms with E-state index in [0.29, 0.717) is 18.9 Å². The summed E-state index contributed by atoms with van der Waals surface area (Å²) in [6.45, 7) is 1.38. The number of nitrogens with one attached hydrogen (secondary N) is 2. The van der Waals surface area contributed by atoms with Gasteiger partial charge in [0.1, 0.15) is 11.6 Å². The third kappa shape index (κ3) is 5.39. The Kier molecular flexibility index (Phi) is 6.75. The molecule has 25 heavy (non-hydrogen) atoms. The molecule has 2 amide bonds. The van der Waals surface area contributed by atoms with Gasteiger partial charge in [-0.05, 0) is 19.3 Å². The van der Waals surface area contributed by atoms with Gasteiger partial charge < -0.3 is 25.9 Å². The van der Waals surface area contributed by atoms with Crippen LogP contribution in [0.1, 0.15) is 19.3 Å². The van der Waals surface area contributed by atoms with Crippen molar-refractivity contribution in [2.45, 2.75) is 19.3 Å². The molecule has 1 aliphatic rings. The van der Waals surface area contributed by atoms with Gasteiger partial charge >= 0.3 is 23.8 Å². The minimum atomic E-state index is -1.72. The van der Waals surface area contributed by atoms with Crippen molar-refractivity contribution in [3.63, 3.8) is 0 Å². The van der Waals surface area contributed by atoms with Crippen LogP contribution in [-0.4, -0.2) is 62.5 Å². The number of amides is 2. The minimum Gasteiger partial charge on any atom is -0.474 e. The van der Waals surface area contributed by atoms with E-state index in [9.17, 15) is 19.2 Å². The Labute approximate surface area is 141 Å². The summed E-state index contributed by atoms with van der Waals surface area (Å²) in [4.78, 5) is 53.4. The minimum absolute atomic E-state index is 0. The third-order valence-corrected chi connectivity index (χ3v) is 3.25. The van der Waals surface area contributed by atoms with Crippen LogP contribution in [-0.2, 0) is 19.2 Å². The number of carboxylic acids is 2. The smallest absolute Gasteiger partial charge is 0.394 e. The molecule has 1 fully saturated rings. The van der Waals surface area contributed by atoms with Crippen molar-refractivity contribution in [1.82, 2.24) is 9.97 Å². The van der Waals surface area contributed by atoms with Gasteiger partial charge in [0, 0.05) is 19.2 Å². The van der Waals surface area contributed by atoms with Crippen LogP contribution >= 0.6 is 0 Å². The summed E-state index contributed by atoms with van der Waals surface area (Å²) in [6, 6.07) is 1.36. The predicted octanol–water partition coefficient (Wildman–Crippen LogP) is -1.31. The standard InChI is InChI=1S/C13H15N5O6.H2O/c19-9(11(21)22)14-7-6-8(18-4-2-1-3-5-18)16-13(15-7)17-10(20)12(23)24;/h6H,1-5H2,(H,21,22)(H,23,24)(H2,14,15,16,17,19,20);1H2. The van der Waals surface area contributed by atoms with Crippen LogP contribution in [0.5, 0.6) is 0 Å². The molecular formula is C13H17N5O7. The number of aromatic nitrogens is 2. The first-order valence-corrected chi connectivity index (χ1v) is 7.09. The fourth-order valence-corrected chi connectivity index (χ4v) is 2.16. The monoisotopic (exact) mass is 355 g/mol. The second-order valence-electron chi connectivity index (χ2n) is 5.00. The van der Waals surface area contributed by atoms with E-state index in [4.69, 9.17) is 10.2 Å². The molecule has 6 N–H and O–H groups in total. The zero-order chi connectivity index (χ0) is 17.7. The number of carbonyl (C=O) groups excluding carboxylic acids is 2. The van der Waals surface area contributed by atoms with E-state index >= 15 is 0 Å². The summed E-state index contributed by atoms with van der Waals surface area (Å²) in [7, 11) is 0. The van der Waals surface area contributed by atoms with Gasteiger partial charge in [0.05, 0.1) is 0 Å². The Balaban J connectivity index is 0.00000312. The maximum atomic E-state index is 11.3. The molecule has 0 spiro atoms. The van der Waals surface area contributed by atoms with E-state index < -0.39 is 23.8 Å². The maximum Gasteiger partial charge on any atom is 0.394 e. The Morgan fingerprint density at radius 3 is 2.04 bits per heavy atom. The van der Waals surface area contributed by atoms with Crippen molar-refractivity contribution in [2.75, 3.05) is 28.6 Å². The topological polar surface area (TPSA) is 193 Å². The van der Waals surface area contributed by atoms with Crippen molar-refractivity contribution in [3.05, 3.63) is 6.07 Å². The molecule has 1 saturated heterocycles. The van der Waals surface area contributed by atoms with Crippen LogP contribution in [0.3, 0.4) is 0 Å². The summed E-state index contributed by atoms with van der Waals surface area (Å²) < 4.78 is 0. The molecule has 12 heteroatoms. The molecule has 2 heterocycles. The van der Waals surface area contributed by atoms with Crippen molar-refractivity contribution >= 4 is 41.3 Å². The van der Waals surface area contributed by atoms with Gasteiger partial charge in [-0.3, -0.25) is 14.9 Å². The van der Waals surface area contributed by atoms with Gasteiger partial charge in [0.25, 0.3) is 0 Å². The maximum absolute atomic E-state index is 11.3. The lowest BCUT2D eigenvalue weighted by atomic mass is 10.1. The average Bonchev–Trinajstić information content (AvgIpc) is 2.55. The Morgan fingerprint density at radius 2 is 1.48 bits per heavy atom. The second-order valence-corrected chi connectivity index (χ2v) is 5.00. The lowest BCUT2D eigenvalue weighted by Crippen LogP contribution is -2.31. The van der Waals surface area contributed by atoms with E-state index in [0.717, 1.165) is 19.3 Å². The fraction of sp³-hybridized carbons (Fsp3) is 0.385. The van der Waals surface area contributed by atoms with Gasteiger partial charge in [0.2, 0.25) is 5.95 Å². The van der Waals surface area contributed by atoms with E-state index in [-0.39, 0.29) is 17.2 Å². The number of nitrogens with zero attached hydrogens (tertiary/aromatic N) is 3. The Morgan fingerprint density at radius 1 is 0.920 bits per heavy atom. The zero-order valence-corrected chi connectivity index (χ0v) is 13.0. The SMILES string of the molecule is O.O=C(O)C(=O)Nc1cc(N2CCCCC2)nc(NC(=O)C(=O)O)n1. The lowest BCUT2D eigenvalue weighted by molar-refractivity contribution is -0.147. The molecule has 1 aromatic rings. The summed E-state index contributed by atoms with van der Waals surface area (Å²) in [5.74, 6) is -6.23. The Hall–Kier alpha value is -3.28. The molecule has 0 saturated carbocycles. The van der Waals surface area contributed by atoms with Crippen LogP contribution in [0.25, 0.3) is 0 Å². The van der Waals surface area contributed by atoms with Crippen LogP contribution in [0, 0.1) is 0 Å². The van der Waals surface area contributed by atoms with Gasteiger partial charge in [-0.1, -0.05) is 0 Å². The number of carbonyl (C=O) groups is 4. The van der Waals surface area contributed by atoms with Crippen LogP contribution in [0.4, 0.5) is 17.6 Å². The molecular weight excluding hydrogens is 338 g/mol. The highest BCUT2D eigenvalue weighted by molar-refractivity contribution is 6.37. The summed E-state index contributed by atoms with van der Waals surface area (Å²) >= 11 is 0. The number of rotatable bonds is 3. The highest BCUT2D eigenvalue weighted by Crippen LogP contribution is 2.22. The van der Waals surface area contributed by atoms with Crippen molar-refractivity contribution in [1.29, 1.82) is 0 Å². The molecule has 0 aromatic carbocycles. The largest absolute Gasteiger partial charge is 0.474 e. The highest BCUT2D eigenvalue weighted by Gasteiger charge is 2.20. The normalized spacial score (nSPS) is 13.4. The number of piperidine rings is 1. The number of carboxylic acid groups (broad SMARTS) is 2. The Bertz CT molecular complexity index is 641. The number of anilines is 3. The van der Waals surface area contributed by atoms with Gasteiger partial charge in [0.15, 0.2) is 0 Å². The van der Waals surface area contributed by atoms with E-state index in [1.54, 1.807) is 0 Å². The van der Waals surface area contributed by atoms with Gasteiger partial charge in [-0.25, -0.2) is 9.59 Å². The molecule has 0 radical (unpaired) electrons. The average molecular weight is 355 g/mol. The molecule has 1 aliphatic heterocycles. The van der Waals surface area contributed by atoms with E-state index in [1.165, 1.54) is 6.07 Å². The second kappa shape index (κ2) is 8.54. The number of hydrogen-bond acceptors (Lipinski definition) is 7. The molecule has 136 valence electrons. The van der Waals surface area contributed by atoms with Gasteiger partial charge in [-0.2, -0.15) is 9.97 Å².